The summed E-state index contributed by atoms with van der Waals surface area (Å²) >= 11 is 0. The normalized spacial score (nSPS) is 30.0. The van der Waals surface area contributed by atoms with E-state index in [0.717, 1.165) is 4.90 Å². The number of imide groups is 1. The number of ether oxygens (including phenoxy) is 2. The molecule has 10 heteroatoms. The summed E-state index contributed by atoms with van der Waals surface area (Å²) in [6, 6.07) is 15.9. The topological polar surface area (TPSA) is 138 Å². The molecule has 2 aromatic rings. The molecule has 0 unspecified atom stereocenters. The van der Waals surface area contributed by atoms with E-state index < -0.39 is 42.0 Å². The van der Waals surface area contributed by atoms with E-state index in [-0.39, 0.29) is 24.9 Å². The van der Waals surface area contributed by atoms with Crippen LogP contribution in [0.2, 0.25) is 0 Å². The fourth-order valence-electron chi connectivity index (χ4n) is 5.84. The van der Waals surface area contributed by atoms with Gasteiger partial charge in [0.15, 0.2) is 0 Å². The number of aliphatic hydroxyl groups is 2. The molecule has 0 radical (unpaired) electrons. The largest absolute Gasteiger partial charge is 0.457 e. The van der Waals surface area contributed by atoms with Crippen LogP contribution in [0.5, 0.6) is 11.5 Å². The van der Waals surface area contributed by atoms with Gasteiger partial charge in [-0.25, -0.2) is 15.1 Å². The predicted octanol–water partition coefficient (Wildman–Crippen LogP) is 2.84. The van der Waals surface area contributed by atoms with E-state index in [0.29, 0.717) is 35.7 Å². The summed E-state index contributed by atoms with van der Waals surface area (Å²) < 4.78 is 10.7. The zero-order valence-corrected chi connectivity index (χ0v) is 20.3. The number of carbonyl (C=O) groups is 3. The standard InChI is InChI=1S/C27H29N3O7/c1-2-36-27(35)29-28-20-14-21(31)24(32)22-18(20)11-12-19-23(22)26(34)30(25(19)33)15-7-6-10-17(13-15)37-16-8-4-3-5-9-16/h3-10,13,18-19,21-24,31-32H,2,11-12,14H2,1H3,(H,29,35)/t18-,19+,21+,22-,23-,24+/m0/s1. The van der Waals surface area contributed by atoms with Gasteiger partial charge >= 0.3 is 6.09 Å². The van der Waals surface area contributed by atoms with Crippen molar-refractivity contribution in [1.82, 2.24) is 5.43 Å². The molecule has 5 rings (SSSR count). The van der Waals surface area contributed by atoms with Crippen molar-refractivity contribution in [2.75, 3.05) is 11.5 Å². The summed E-state index contributed by atoms with van der Waals surface area (Å²) in [4.78, 5) is 40.1. The summed E-state index contributed by atoms with van der Waals surface area (Å²) in [5, 5.41) is 25.7. The molecule has 1 heterocycles. The lowest BCUT2D eigenvalue weighted by molar-refractivity contribution is -0.132. The van der Waals surface area contributed by atoms with Crippen molar-refractivity contribution in [2.45, 2.75) is 38.4 Å². The smallest absolute Gasteiger partial charge is 0.427 e. The molecule has 1 aliphatic heterocycles. The number of hydrazone groups is 1. The van der Waals surface area contributed by atoms with Crippen molar-refractivity contribution in [3.63, 3.8) is 0 Å². The lowest BCUT2D eigenvalue weighted by Crippen LogP contribution is -2.55. The number of benzene rings is 2. The van der Waals surface area contributed by atoms with Crippen molar-refractivity contribution in [2.24, 2.45) is 28.8 Å². The second kappa shape index (κ2) is 10.3. The number of carbonyl (C=O) groups excluding carboxylic acids is 3. The highest BCUT2D eigenvalue weighted by molar-refractivity contribution is 6.22. The van der Waals surface area contributed by atoms with Crippen LogP contribution in [0.4, 0.5) is 10.5 Å². The second-order valence-corrected chi connectivity index (χ2v) is 9.52. The first-order valence-corrected chi connectivity index (χ1v) is 12.4. The Morgan fingerprint density at radius 2 is 1.76 bits per heavy atom. The summed E-state index contributed by atoms with van der Waals surface area (Å²) in [7, 11) is 0. The van der Waals surface area contributed by atoms with Gasteiger partial charge in [0.05, 0.1) is 36.3 Å². The summed E-state index contributed by atoms with van der Waals surface area (Å²) in [5.74, 6) is -2.17. The van der Waals surface area contributed by atoms with Gasteiger partial charge < -0.3 is 19.7 Å². The molecular formula is C27H29N3O7. The van der Waals surface area contributed by atoms with Gasteiger partial charge in [0.2, 0.25) is 11.8 Å². The van der Waals surface area contributed by atoms with Gasteiger partial charge in [-0.15, -0.1) is 0 Å². The van der Waals surface area contributed by atoms with E-state index in [9.17, 15) is 24.6 Å². The van der Waals surface area contributed by atoms with Gasteiger partial charge in [0, 0.05) is 30.0 Å². The molecule has 3 amide bonds. The monoisotopic (exact) mass is 507 g/mol. The highest BCUT2D eigenvalue weighted by Crippen LogP contribution is 2.50. The van der Waals surface area contributed by atoms with Crippen LogP contribution in [0.15, 0.2) is 59.7 Å². The minimum absolute atomic E-state index is 0.0524. The molecule has 0 aromatic heterocycles. The maximum Gasteiger partial charge on any atom is 0.427 e. The zero-order chi connectivity index (χ0) is 26.1. The van der Waals surface area contributed by atoms with Gasteiger partial charge in [-0.05, 0) is 44.0 Å². The summed E-state index contributed by atoms with van der Waals surface area (Å²) in [5.41, 5.74) is 3.19. The molecule has 10 nitrogen and oxygen atoms in total. The van der Waals surface area contributed by atoms with Crippen LogP contribution in [0.25, 0.3) is 0 Å². The lowest BCUT2D eigenvalue weighted by Gasteiger charge is -2.45. The van der Waals surface area contributed by atoms with E-state index in [4.69, 9.17) is 9.47 Å². The Hall–Kier alpha value is -3.76. The number of amides is 3. The van der Waals surface area contributed by atoms with Crippen LogP contribution in [0, 0.1) is 23.7 Å². The minimum atomic E-state index is -1.20. The second-order valence-electron chi connectivity index (χ2n) is 9.52. The van der Waals surface area contributed by atoms with E-state index in [1.165, 1.54) is 0 Å². The summed E-state index contributed by atoms with van der Waals surface area (Å²) in [6.45, 7) is 1.85. The highest BCUT2D eigenvalue weighted by Gasteiger charge is 2.60. The maximum atomic E-state index is 13.7. The van der Waals surface area contributed by atoms with E-state index in [1.54, 1.807) is 43.3 Å². The highest BCUT2D eigenvalue weighted by atomic mass is 16.5. The SMILES string of the molecule is CCOC(=O)NN=C1C[C@@H](O)[C@@H](O)[C@@H]2[C@H]3C(=O)N(c4cccc(Oc5ccccc5)c4)C(=O)[C@@H]3CC[C@@H]12. The molecule has 2 aliphatic carbocycles. The quantitative estimate of drug-likeness (QED) is 0.418. The van der Waals surface area contributed by atoms with Crippen molar-refractivity contribution in [3.05, 3.63) is 54.6 Å². The Kier molecular flexibility index (Phi) is 6.94. The fraction of sp³-hybridized carbons (Fsp3) is 0.407. The van der Waals surface area contributed by atoms with Gasteiger partial charge in [-0.3, -0.25) is 9.59 Å². The Balaban J connectivity index is 1.41. The van der Waals surface area contributed by atoms with Gasteiger partial charge in [-0.2, -0.15) is 5.10 Å². The number of hydrogen-bond donors (Lipinski definition) is 3. The maximum absolute atomic E-state index is 13.7. The molecule has 194 valence electrons. The Morgan fingerprint density at radius 3 is 2.51 bits per heavy atom. The van der Waals surface area contributed by atoms with Crippen molar-refractivity contribution in [1.29, 1.82) is 0 Å². The predicted molar refractivity (Wildman–Crippen MR) is 133 cm³/mol. The number of aliphatic hydroxyl groups excluding tert-OH is 2. The number of nitrogens with zero attached hydrogens (tertiary/aromatic N) is 2. The first-order valence-electron chi connectivity index (χ1n) is 12.4. The zero-order valence-electron chi connectivity index (χ0n) is 20.3. The molecule has 37 heavy (non-hydrogen) atoms. The third kappa shape index (κ3) is 4.70. The Morgan fingerprint density at radius 1 is 1.03 bits per heavy atom. The third-order valence-corrected chi connectivity index (χ3v) is 7.40. The van der Waals surface area contributed by atoms with Crippen LogP contribution < -0.4 is 15.1 Å². The number of fused-ring (bicyclic) bond motifs is 3. The van der Waals surface area contributed by atoms with Crippen molar-refractivity contribution >= 4 is 29.3 Å². The molecule has 3 N–H and O–H groups in total. The first-order chi connectivity index (χ1) is 17.9. The minimum Gasteiger partial charge on any atom is -0.457 e. The van der Waals surface area contributed by atoms with Gasteiger partial charge in [0.1, 0.15) is 11.5 Å². The fourth-order valence-corrected chi connectivity index (χ4v) is 5.84. The molecule has 1 saturated heterocycles. The average Bonchev–Trinajstić information content (AvgIpc) is 3.15. The molecule has 2 aromatic carbocycles. The van der Waals surface area contributed by atoms with Crippen molar-refractivity contribution < 1.29 is 34.1 Å². The van der Waals surface area contributed by atoms with Crippen LogP contribution >= 0.6 is 0 Å². The van der Waals surface area contributed by atoms with E-state index >= 15 is 0 Å². The molecule has 3 aliphatic rings. The molecule has 6 atom stereocenters. The number of hydrogen-bond acceptors (Lipinski definition) is 8. The Bertz CT molecular complexity index is 1220. The number of anilines is 1. The Labute approximate surface area is 213 Å². The van der Waals surface area contributed by atoms with Crippen LogP contribution in [0.1, 0.15) is 26.2 Å². The number of nitrogens with one attached hydrogen (secondary N) is 1. The molecular weight excluding hydrogens is 478 g/mol. The number of para-hydroxylation sites is 1. The van der Waals surface area contributed by atoms with Crippen LogP contribution in [-0.2, 0) is 14.3 Å². The van der Waals surface area contributed by atoms with Crippen molar-refractivity contribution in [3.8, 4) is 11.5 Å². The van der Waals surface area contributed by atoms with E-state index in [1.807, 2.05) is 18.2 Å². The summed E-state index contributed by atoms with van der Waals surface area (Å²) in [6.07, 6.45) is -2.14. The average molecular weight is 508 g/mol. The van der Waals surface area contributed by atoms with E-state index in [2.05, 4.69) is 10.5 Å². The van der Waals surface area contributed by atoms with Crippen LogP contribution in [0.3, 0.4) is 0 Å². The molecule has 3 fully saturated rings. The van der Waals surface area contributed by atoms with Gasteiger partial charge in [-0.1, -0.05) is 24.3 Å². The lowest BCUT2D eigenvalue weighted by atomic mass is 9.60. The first kappa shape index (κ1) is 24.9. The van der Waals surface area contributed by atoms with Gasteiger partial charge in [0.25, 0.3) is 0 Å². The molecule has 0 bridgehead atoms. The third-order valence-electron chi connectivity index (χ3n) is 7.40. The molecule has 0 spiro atoms. The van der Waals surface area contributed by atoms with Crippen LogP contribution in [-0.4, -0.2) is 52.6 Å². The molecule has 2 saturated carbocycles. The number of rotatable bonds is 5.